The molecule has 0 aromatic carbocycles. The van der Waals surface area contributed by atoms with Crippen LogP contribution in [0.15, 0.2) is 46.8 Å². The highest BCUT2D eigenvalue weighted by atomic mass is 16.6. The summed E-state index contributed by atoms with van der Waals surface area (Å²) in [6.45, 7) is 5.67. The van der Waals surface area contributed by atoms with E-state index in [-0.39, 0.29) is 35.8 Å². The predicted molar refractivity (Wildman–Crippen MR) is 111 cm³/mol. The van der Waals surface area contributed by atoms with Gasteiger partial charge < -0.3 is 23.7 Å². The molecule has 1 aromatic rings. The van der Waals surface area contributed by atoms with Gasteiger partial charge in [0, 0.05) is 35.8 Å². The molecule has 1 N–H and O–H groups in total. The third-order valence-corrected chi connectivity index (χ3v) is 8.60. The Kier molecular flexibility index (Phi) is 3.76. The highest BCUT2D eigenvalue weighted by Gasteiger charge is 2.83. The van der Waals surface area contributed by atoms with Crippen molar-refractivity contribution in [2.75, 3.05) is 0 Å². The quantitative estimate of drug-likeness (QED) is 0.563. The molecule has 2 aliphatic carbocycles. The van der Waals surface area contributed by atoms with Crippen molar-refractivity contribution < 1.29 is 33.3 Å². The minimum absolute atomic E-state index is 0.216. The SMILES string of the molecule is CC1(C)O[C@](O)(CC2=CCC[C@]34C[C@]23C(=O)O[C@H]4c2ccoc2)C[C@@H]1[C@]1(C)C=CC(=O)O1. The van der Waals surface area contributed by atoms with Crippen molar-refractivity contribution in [3.05, 3.63) is 48.0 Å². The summed E-state index contributed by atoms with van der Waals surface area (Å²) in [6.07, 6.45) is 11.1. The van der Waals surface area contributed by atoms with Crippen LogP contribution in [0.1, 0.15) is 64.5 Å². The Morgan fingerprint density at radius 2 is 2.03 bits per heavy atom. The number of esters is 2. The maximum Gasteiger partial charge on any atom is 0.331 e. The Bertz CT molecular complexity index is 1070. The number of aliphatic hydroxyl groups is 1. The van der Waals surface area contributed by atoms with E-state index >= 15 is 0 Å². The normalized spacial score (nSPS) is 45.8. The molecule has 32 heavy (non-hydrogen) atoms. The second-order valence-corrected chi connectivity index (χ2v) is 10.9. The lowest BCUT2D eigenvalue weighted by molar-refractivity contribution is -0.217. The predicted octanol–water partition coefficient (Wildman–Crippen LogP) is 3.74. The fourth-order valence-electron chi connectivity index (χ4n) is 7.22. The average molecular weight is 440 g/mol. The Morgan fingerprint density at radius 3 is 2.72 bits per heavy atom. The summed E-state index contributed by atoms with van der Waals surface area (Å²) in [5, 5.41) is 11.6. The van der Waals surface area contributed by atoms with Crippen LogP contribution in [0.3, 0.4) is 0 Å². The fraction of sp³-hybridized carbons (Fsp3) is 0.600. The zero-order valence-electron chi connectivity index (χ0n) is 18.6. The molecular formula is C25H28O7. The number of ether oxygens (including phenoxy) is 3. The second-order valence-electron chi connectivity index (χ2n) is 10.9. The van der Waals surface area contributed by atoms with Gasteiger partial charge in [0.15, 0.2) is 5.79 Å². The molecule has 0 bridgehead atoms. The standard InChI is InChI=1S/C25H28O7/c1-21(2)17(22(3)9-6-18(26)31-22)12-24(28,32-21)11-16-5-4-8-23-14-25(16,23)20(27)30-19(23)15-7-10-29-13-15/h5-7,9-10,13,17,19,28H,4,8,11-12,14H2,1-3H3/t17-,19-,22-,23+,24+,25+/m0/s1. The van der Waals surface area contributed by atoms with Crippen molar-refractivity contribution >= 4 is 11.9 Å². The molecule has 4 heterocycles. The van der Waals surface area contributed by atoms with Crippen molar-refractivity contribution in [1.82, 2.24) is 0 Å². The van der Waals surface area contributed by atoms with Crippen molar-refractivity contribution in [1.29, 1.82) is 0 Å². The minimum Gasteiger partial charge on any atom is -0.472 e. The molecule has 3 aliphatic heterocycles. The number of furan rings is 1. The molecule has 5 aliphatic rings. The van der Waals surface area contributed by atoms with Crippen LogP contribution in [-0.4, -0.2) is 34.0 Å². The third kappa shape index (κ3) is 2.44. The van der Waals surface area contributed by atoms with Crippen molar-refractivity contribution in [2.24, 2.45) is 16.7 Å². The number of hydrogen-bond acceptors (Lipinski definition) is 7. The number of rotatable bonds is 4. The van der Waals surface area contributed by atoms with Crippen LogP contribution in [0.25, 0.3) is 0 Å². The largest absolute Gasteiger partial charge is 0.472 e. The van der Waals surface area contributed by atoms with Gasteiger partial charge in [-0.25, -0.2) is 4.79 Å². The van der Waals surface area contributed by atoms with Crippen LogP contribution in [-0.2, 0) is 23.8 Å². The Balaban J connectivity index is 1.29. The molecule has 0 radical (unpaired) electrons. The third-order valence-electron chi connectivity index (χ3n) is 8.60. The molecule has 6 rings (SSSR count). The second kappa shape index (κ2) is 5.94. The number of carbonyl (C=O) groups excluding carboxylic acids is 2. The lowest BCUT2D eigenvalue weighted by Gasteiger charge is -2.36. The van der Waals surface area contributed by atoms with Crippen molar-refractivity contribution in [3.63, 3.8) is 0 Å². The monoisotopic (exact) mass is 440 g/mol. The number of hydrogen-bond donors (Lipinski definition) is 1. The minimum atomic E-state index is -1.46. The summed E-state index contributed by atoms with van der Waals surface area (Å²) in [5.41, 5.74) is -0.745. The van der Waals surface area contributed by atoms with Gasteiger partial charge in [0.2, 0.25) is 0 Å². The van der Waals surface area contributed by atoms with Gasteiger partial charge in [-0.3, -0.25) is 4.79 Å². The first-order valence-corrected chi connectivity index (χ1v) is 11.3. The summed E-state index contributed by atoms with van der Waals surface area (Å²) in [4.78, 5) is 24.9. The van der Waals surface area contributed by atoms with Gasteiger partial charge in [0.05, 0.1) is 23.5 Å². The van der Waals surface area contributed by atoms with E-state index in [0.717, 1.165) is 30.4 Å². The lowest BCUT2D eigenvalue weighted by Crippen LogP contribution is -2.44. The molecule has 0 spiro atoms. The number of cyclic esters (lactones) is 2. The van der Waals surface area contributed by atoms with Gasteiger partial charge in [-0.15, -0.1) is 0 Å². The summed E-state index contributed by atoms with van der Waals surface area (Å²) in [6, 6.07) is 1.86. The van der Waals surface area contributed by atoms with Gasteiger partial charge in [0.25, 0.3) is 0 Å². The Labute approximate surface area is 186 Å². The summed E-state index contributed by atoms with van der Waals surface area (Å²) >= 11 is 0. The molecule has 0 amide bonds. The van der Waals surface area contributed by atoms with Gasteiger partial charge in [-0.05, 0) is 52.2 Å². The molecule has 3 fully saturated rings. The molecule has 0 unspecified atom stereocenters. The molecule has 1 saturated carbocycles. The van der Waals surface area contributed by atoms with E-state index in [9.17, 15) is 14.7 Å². The van der Waals surface area contributed by atoms with Gasteiger partial charge in [-0.1, -0.05) is 11.6 Å². The first-order chi connectivity index (χ1) is 15.0. The van der Waals surface area contributed by atoms with E-state index in [1.165, 1.54) is 6.08 Å². The van der Waals surface area contributed by atoms with Gasteiger partial charge in [0.1, 0.15) is 11.7 Å². The molecule has 2 saturated heterocycles. The van der Waals surface area contributed by atoms with Gasteiger partial charge >= 0.3 is 11.9 Å². The smallest absolute Gasteiger partial charge is 0.331 e. The van der Waals surface area contributed by atoms with E-state index in [1.807, 2.05) is 26.8 Å². The number of carbonyl (C=O) groups is 2. The summed E-state index contributed by atoms with van der Waals surface area (Å²) < 4.78 is 22.9. The highest BCUT2D eigenvalue weighted by molar-refractivity contribution is 5.90. The summed E-state index contributed by atoms with van der Waals surface area (Å²) in [7, 11) is 0. The number of allylic oxidation sites excluding steroid dienone is 1. The molecule has 7 nitrogen and oxygen atoms in total. The maximum absolute atomic E-state index is 13.2. The Hall–Kier alpha value is -2.38. The van der Waals surface area contributed by atoms with Crippen molar-refractivity contribution in [2.45, 2.75) is 76.0 Å². The average Bonchev–Trinajstić information content (AvgIpc) is 3.06. The van der Waals surface area contributed by atoms with Crippen LogP contribution in [0.2, 0.25) is 0 Å². The van der Waals surface area contributed by atoms with Gasteiger partial charge in [-0.2, -0.15) is 0 Å². The van der Waals surface area contributed by atoms with E-state index in [2.05, 4.69) is 6.08 Å². The Morgan fingerprint density at radius 1 is 1.22 bits per heavy atom. The van der Waals surface area contributed by atoms with Crippen LogP contribution < -0.4 is 0 Å². The summed E-state index contributed by atoms with van der Waals surface area (Å²) in [5.74, 6) is -2.29. The van der Waals surface area contributed by atoms with E-state index in [4.69, 9.17) is 18.6 Å². The maximum atomic E-state index is 13.2. The van der Waals surface area contributed by atoms with E-state index in [0.29, 0.717) is 6.42 Å². The molecular weight excluding hydrogens is 412 g/mol. The molecule has 1 aromatic heterocycles. The first-order valence-electron chi connectivity index (χ1n) is 11.3. The van der Waals surface area contributed by atoms with Crippen LogP contribution >= 0.6 is 0 Å². The zero-order chi connectivity index (χ0) is 22.6. The fourth-order valence-corrected chi connectivity index (χ4v) is 7.22. The first kappa shape index (κ1) is 20.2. The molecule has 6 atom stereocenters. The lowest BCUT2D eigenvalue weighted by atomic mass is 9.73. The van der Waals surface area contributed by atoms with E-state index in [1.54, 1.807) is 18.6 Å². The van der Waals surface area contributed by atoms with Crippen LogP contribution in [0.4, 0.5) is 0 Å². The van der Waals surface area contributed by atoms with Crippen LogP contribution in [0.5, 0.6) is 0 Å². The zero-order valence-corrected chi connectivity index (χ0v) is 18.6. The van der Waals surface area contributed by atoms with Crippen LogP contribution in [0, 0.1) is 16.7 Å². The molecule has 170 valence electrons. The molecule has 7 heteroatoms. The van der Waals surface area contributed by atoms with E-state index < -0.39 is 22.4 Å². The topological polar surface area (TPSA) is 95.2 Å². The highest BCUT2D eigenvalue weighted by Crippen LogP contribution is 2.82. The van der Waals surface area contributed by atoms with Crippen molar-refractivity contribution in [3.8, 4) is 0 Å².